The average Bonchev–Trinajstić information content (AvgIpc) is 2.26. The van der Waals surface area contributed by atoms with Gasteiger partial charge in [0.15, 0.2) is 5.84 Å². The highest BCUT2D eigenvalue weighted by atomic mass is 19.1. The third-order valence-corrected chi connectivity index (χ3v) is 1.68. The molecule has 15 heavy (non-hydrogen) atoms. The molecule has 0 atom stereocenters. The van der Waals surface area contributed by atoms with Crippen molar-refractivity contribution in [2.45, 2.75) is 27.7 Å². The van der Waals surface area contributed by atoms with Gasteiger partial charge in [0.2, 0.25) is 0 Å². The lowest BCUT2D eigenvalue weighted by Gasteiger charge is -2.03. The summed E-state index contributed by atoms with van der Waals surface area (Å²) in [5.74, 6) is -0.485. The summed E-state index contributed by atoms with van der Waals surface area (Å²) in [6.45, 7) is 7.12. The van der Waals surface area contributed by atoms with Crippen LogP contribution in [0.15, 0.2) is 11.2 Å². The summed E-state index contributed by atoms with van der Waals surface area (Å²) in [4.78, 5) is 3.81. The number of hydrogen-bond acceptors (Lipinski definition) is 3. The van der Waals surface area contributed by atoms with Crippen molar-refractivity contribution in [3.8, 4) is 0 Å². The van der Waals surface area contributed by atoms with Gasteiger partial charge in [-0.1, -0.05) is 19.0 Å². The molecule has 0 aliphatic heterocycles. The largest absolute Gasteiger partial charge is 0.409 e. The van der Waals surface area contributed by atoms with Gasteiger partial charge in [0.25, 0.3) is 0 Å². The molecule has 0 bridgehead atoms. The molecule has 3 N–H and O–H groups in total. The molecule has 1 rings (SSSR count). The fourth-order valence-corrected chi connectivity index (χ4v) is 0.998. The molecule has 0 spiro atoms. The van der Waals surface area contributed by atoms with E-state index in [2.05, 4.69) is 10.1 Å². The van der Waals surface area contributed by atoms with Crippen LogP contribution in [0.4, 0.5) is 4.39 Å². The first kappa shape index (κ1) is 13.4. The van der Waals surface area contributed by atoms with Crippen molar-refractivity contribution in [1.29, 1.82) is 0 Å². The normalized spacial score (nSPS) is 10.6. The summed E-state index contributed by atoms with van der Waals surface area (Å²) in [6.07, 6.45) is 0. The number of aromatic nitrogens is 1. The summed E-state index contributed by atoms with van der Waals surface area (Å²) in [7, 11) is 0. The van der Waals surface area contributed by atoms with Crippen LogP contribution in [-0.4, -0.2) is 16.0 Å². The van der Waals surface area contributed by atoms with E-state index in [0.717, 1.165) is 0 Å². The summed E-state index contributed by atoms with van der Waals surface area (Å²) < 4.78 is 13.1. The number of nitrogens with two attached hydrogens (primary N) is 1. The second-order valence-corrected chi connectivity index (χ2v) is 2.71. The van der Waals surface area contributed by atoms with Gasteiger partial charge in [-0.3, -0.25) is 0 Å². The summed E-state index contributed by atoms with van der Waals surface area (Å²) in [5, 5.41) is 11.1. The second-order valence-electron chi connectivity index (χ2n) is 2.71. The number of rotatable bonds is 1. The zero-order valence-electron chi connectivity index (χ0n) is 9.37. The third kappa shape index (κ3) is 3.19. The molecular weight excluding hydrogens is 197 g/mol. The average molecular weight is 213 g/mol. The fraction of sp³-hybridized carbons (Fsp3) is 0.400. The Balaban J connectivity index is 0.000000921. The van der Waals surface area contributed by atoms with E-state index in [4.69, 9.17) is 10.9 Å². The van der Waals surface area contributed by atoms with E-state index in [9.17, 15) is 4.39 Å². The van der Waals surface area contributed by atoms with Crippen LogP contribution in [-0.2, 0) is 0 Å². The Labute approximate surface area is 88.6 Å². The van der Waals surface area contributed by atoms with Crippen LogP contribution in [0.1, 0.15) is 30.8 Å². The lowest BCUT2D eigenvalue weighted by atomic mass is 10.2. The highest BCUT2D eigenvalue weighted by molar-refractivity contribution is 5.95. The summed E-state index contributed by atoms with van der Waals surface area (Å²) in [6, 6.07) is 1.43. The molecule has 0 unspecified atom stereocenters. The van der Waals surface area contributed by atoms with E-state index in [1.54, 1.807) is 6.92 Å². The number of nitrogens with zero attached hydrogens (tertiary/aromatic N) is 2. The Morgan fingerprint density at radius 2 is 2.00 bits per heavy atom. The van der Waals surface area contributed by atoms with E-state index in [1.165, 1.54) is 13.0 Å². The van der Waals surface area contributed by atoms with Crippen molar-refractivity contribution in [1.82, 2.24) is 4.98 Å². The minimum absolute atomic E-state index is 0.119. The molecule has 0 radical (unpaired) electrons. The number of oxime groups is 1. The van der Waals surface area contributed by atoms with Crippen molar-refractivity contribution >= 4 is 5.84 Å². The number of amidine groups is 1. The van der Waals surface area contributed by atoms with Gasteiger partial charge in [-0.05, 0) is 25.5 Å². The first-order chi connectivity index (χ1) is 7.06. The monoisotopic (exact) mass is 213 g/mol. The van der Waals surface area contributed by atoms with Crippen molar-refractivity contribution in [3.63, 3.8) is 0 Å². The van der Waals surface area contributed by atoms with Gasteiger partial charge in [-0.25, -0.2) is 9.37 Å². The van der Waals surface area contributed by atoms with E-state index in [0.29, 0.717) is 5.56 Å². The van der Waals surface area contributed by atoms with E-state index in [-0.39, 0.29) is 23.0 Å². The molecule has 5 heteroatoms. The number of halogens is 1. The third-order valence-electron chi connectivity index (χ3n) is 1.68. The van der Waals surface area contributed by atoms with Crippen LogP contribution >= 0.6 is 0 Å². The minimum Gasteiger partial charge on any atom is -0.409 e. The topological polar surface area (TPSA) is 71.5 Å². The van der Waals surface area contributed by atoms with Crippen LogP contribution in [0.25, 0.3) is 0 Å². The summed E-state index contributed by atoms with van der Waals surface area (Å²) >= 11 is 0. The molecule has 0 aliphatic carbocycles. The number of aryl methyl sites for hydroxylation is 2. The van der Waals surface area contributed by atoms with Gasteiger partial charge < -0.3 is 10.9 Å². The lowest BCUT2D eigenvalue weighted by molar-refractivity contribution is 0.318. The van der Waals surface area contributed by atoms with Gasteiger partial charge in [-0.2, -0.15) is 0 Å². The van der Waals surface area contributed by atoms with Gasteiger partial charge in [-0.15, -0.1) is 0 Å². The zero-order chi connectivity index (χ0) is 12.0. The van der Waals surface area contributed by atoms with Crippen LogP contribution in [0.3, 0.4) is 0 Å². The van der Waals surface area contributed by atoms with Crippen molar-refractivity contribution in [2.75, 3.05) is 0 Å². The molecule has 0 amide bonds. The van der Waals surface area contributed by atoms with Gasteiger partial charge in [0.05, 0.1) is 5.69 Å². The molecule has 4 nitrogen and oxygen atoms in total. The van der Waals surface area contributed by atoms with E-state index in [1.807, 2.05) is 13.8 Å². The van der Waals surface area contributed by atoms with Crippen molar-refractivity contribution < 1.29 is 9.60 Å². The quantitative estimate of drug-likeness (QED) is 0.324. The standard InChI is InChI=1S/C8H10FN3O.C2H6/c1-4-3-6(8(10)12-13)11-5(2)7(4)9;1-2/h3,13H,1-2H3,(H2,10,12);1-2H3. The molecule has 0 aliphatic rings. The highest BCUT2D eigenvalue weighted by Crippen LogP contribution is 2.10. The maximum Gasteiger partial charge on any atom is 0.188 e. The van der Waals surface area contributed by atoms with Crippen LogP contribution < -0.4 is 5.73 Å². The first-order valence-corrected chi connectivity index (χ1v) is 4.68. The van der Waals surface area contributed by atoms with Crippen molar-refractivity contribution in [3.05, 3.63) is 28.8 Å². The maximum atomic E-state index is 13.1. The smallest absolute Gasteiger partial charge is 0.188 e. The second kappa shape index (κ2) is 5.95. The molecule has 0 aromatic carbocycles. The Bertz CT molecular complexity index is 341. The summed E-state index contributed by atoms with van der Waals surface area (Å²) in [5.41, 5.74) is 6.24. The predicted octanol–water partition coefficient (Wildman–Crippen LogP) is 1.96. The minimum atomic E-state index is -0.366. The molecule has 0 fully saturated rings. The van der Waals surface area contributed by atoms with Crippen LogP contribution in [0.5, 0.6) is 0 Å². The Kier molecular flexibility index (Phi) is 5.30. The molecular formula is C10H16FN3O. The first-order valence-electron chi connectivity index (χ1n) is 4.68. The zero-order valence-corrected chi connectivity index (χ0v) is 9.37. The highest BCUT2D eigenvalue weighted by Gasteiger charge is 2.08. The molecule has 84 valence electrons. The van der Waals surface area contributed by atoms with Gasteiger partial charge >= 0.3 is 0 Å². The predicted molar refractivity (Wildman–Crippen MR) is 57.5 cm³/mol. The molecule has 1 aromatic rings. The lowest BCUT2D eigenvalue weighted by Crippen LogP contribution is -2.16. The number of hydrogen-bond donors (Lipinski definition) is 2. The van der Waals surface area contributed by atoms with Gasteiger partial charge in [0.1, 0.15) is 11.5 Å². The fourth-order valence-electron chi connectivity index (χ4n) is 0.998. The van der Waals surface area contributed by atoms with E-state index >= 15 is 0 Å². The molecule has 0 saturated heterocycles. The SMILES string of the molecule is CC.Cc1cc(/C(N)=N/O)nc(C)c1F. The van der Waals surface area contributed by atoms with Crippen molar-refractivity contribution in [2.24, 2.45) is 10.9 Å². The van der Waals surface area contributed by atoms with E-state index < -0.39 is 0 Å². The molecule has 0 saturated carbocycles. The molecule has 1 heterocycles. The Morgan fingerprint density at radius 3 is 2.40 bits per heavy atom. The molecule has 1 aromatic heterocycles. The van der Waals surface area contributed by atoms with Crippen LogP contribution in [0, 0.1) is 19.7 Å². The van der Waals surface area contributed by atoms with Gasteiger partial charge in [0, 0.05) is 0 Å². The Morgan fingerprint density at radius 1 is 1.47 bits per heavy atom. The number of pyridine rings is 1. The maximum absolute atomic E-state index is 13.1. The van der Waals surface area contributed by atoms with Crippen LogP contribution in [0.2, 0.25) is 0 Å². The Hall–Kier alpha value is -1.65.